The van der Waals surface area contributed by atoms with Crippen LogP contribution >= 0.6 is 11.6 Å². The summed E-state index contributed by atoms with van der Waals surface area (Å²) in [5, 5.41) is 11.2. The van der Waals surface area contributed by atoms with Gasteiger partial charge in [-0.2, -0.15) is 0 Å². The number of hydrogen-bond donors (Lipinski definition) is 1. The number of carboxylic acid groups (broad SMARTS) is 1. The number of carbonyl (C=O) groups excluding carboxylic acids is 1. The van der Waals surface area contributed by atoms with Crippen molar-refractivity contribution < 1.29 is 14.7 Å². The molecule has 1 N–H and O–H groups in total. The molecule has 4 aromatic rings. The molecule has 1 aliphatic carbocycles. The number of fused-ring (bicyclic) bond motifs is 1. The highest BCUT2D eigenvalue weighted by atomic mass is 35.5. The number of ketones is 1. The second kappa shape index (κ2) is 9.47. The standard InChI is InChI=1S/C28H23ClN2O4/c29-21-12-9-18(10-13-21)17-5-7-19(8-6-17)26(32)23-14-11-20(25(23)28(34)35)15-31-16-30-24-4-2-1-3-22(24)27(31)33/h1-10,12-13,16,20,23,25H,11,14-15H2,(H,34,35). The van der Waals surface area contributed by atoms with Gasteiger partial charge in [0.05, 0.1) is 23.1 Å². The van der Waals surface area contributed by atoms with Crippen molar-refractivity contribution in [2.75, 3.05) is 0 Å². The Morgan fingerprint density at radius 1 is 0.943 bits per heavy atom. The van der Waals surface area contributed by atoms with Crippen LogP contribution in [-0.2, 0) is 11.3 Å². The van der Waals surface area contributed by atoms with Crippen LogP contribution in [0.5, 0.6) is 0 Å². The fourth-order valence-corrected chi connectivity index (χ4v) is 5.25. The van der Waals surface area contributed by atoms with Crippen LogP contribution in [-0.4, -0.2) is 26.4 Å². The Morgan fingerprint density at radius 2 is 1.60 bits per heavy atom. The Bertz CT molecular complexity index is 1460. The molecule has 1 fully saturated rings. The lowest BCUT2D eigenvalue weighted by atomic mass is 9.84. The van der Waals surface area contributed by atoms with Crippen LogP contribution in [0.1, 0.15) is 23.2 Å². The molecule has 0 aliphatic heterocycles. The number of nitrogens with zero attached hydrogens (tertiary/aromatic N) is 2. The normalized spacial score (nSPS) is 19.6. The van der Waals surface area contributed by atoms with Crippen molar-refractivity contribution in [2.45, 2.75) is 19.4 Å². The Morgan fingerprint density at radius 3 is 2.29 bits per heavy atom. The second-order valence-electron chi connectivity index (χ2n) is 8.98. The predicted octanol–water partition coefficient (Wildman–Crippen LogP) is 5.33. The molecule has 1 aromatic heterocycles. The Hall–Kier alpha value is -3.77. The summed E-state index contributed by atoms with van der Waals surface area (Å²) in [6, 6.07) is 21.7. The van der Waals surface area contributed by atoms with Gasteiger partial charge in [-0.3, -0.25) is 19.0 Å². The predicted molar refractivity (Wildman–Crippen MR) is 135 cm³/mol. The van der Waals surface area contributed by atoms with Crippen molar-refractivity contribution in [3.63, 3.8) is 0 Å². The molecular weight excluding hydrogens is 464 g/mol. The van der Waals surface area contributed by atoms with Gasteiger partial charge in [0.25, 0.3) is 5.56 Å². The van der Waals surface area contributed by atoms with E-state index in [9.17, 15) is 19.5 Å². The average Bonchev–Trinajstić information content (AvgIpc) is 3.30. The fourth-order valence-electron chi connectivity index (χ4n) is 5.13. The maximum absolute atomic E-state index is 13.3. The van der Waals surface area contributed by atoms with Gasteiger partial charge in [-0.15, -0.1) is 0 Å². The van der Waals surface area contributed by atoms with Crippen LogP contribution in [0.3, 0.4) is 0 Å². The third-order valence-electron chi connectivity index (χ3n) is 6.92. The van der Waals surface area contributed by atoms with Crippen LogP contribution in [0.15, 0.2) is 83.9 Å². The topological polar surface area (TPSA) is 89.3 Å². The number of benzene rings is 3. The van der Waals surface area contributed by atoms with Gasteiger partial charge in [-0.1, -0.05) is 60.1 Å². The zero-order valence-corrected chi connectivity index (χ0v) is 19.6. The molecule has 3 aromatic carbocycles. The molecule has 0 bridgehead atoms. The first-order valence-electron chi connectivity index (χ1n) is 11.5. The van der Waals surface area contributed by atoms with Crippen molar-refractivity contribution >= 4 is 34.3 Å². The first-order valence-corrected chi connectivity index (χ1v) is 11.9. The monoisotopic (exact) mass is 486 g/mol. The number of carbonyl (C=O) groups is 2. The fraction of sp³-hybridized carbons (Fsp3) is 0.214. The number of carboxylic acids is 1. The summed E-state index contributed by atoms with van der Waals surface area (Å²) in [7, 11) is 0. The van der Waals surface area contributed by atoms with E-state index in [4.69, 9.17) is 11.6 Å². The van der Waals surface area contributed by atoms with E-state index in [1.54, 1.807) is 30.3 Å². The molecule has 0 spiro atoms. The number of Topliss-reactive ketones (excluding diaryl/α,β-unsaturated/α-hetero) is 1. The molecule has 1 heterocycles. The lowest BCUT2D eigenvalue weighted by molar-refractivity contribution is -0.144. The maximum Gasteiger partial charge on any atom is 0.307 e. The molecule has 1 saturated carbocycles. The minimum absolute atomic E-state index is 0.175. The largest absolute Gasteiger partial charge is 0.481 e. The highest BCUT2D eigenvalue weighted by molar-refractivity contribution is 6.30. The van der Waals surface area contributed by atoms with Gasteiger partial charge < -0.3 is 5.11 Å². The summed E-state index contributed by atoms with van der Waals surface area (Å²) in [6.45, 7) is 0.215. The molecule has 3 unspecified atom stereocenters. The molecule has 0 radical (unpaired) electrons. The number of hydrogen-bond acceptors (Lipinski definition) is 4. The van der Waals surface area contributed by atoms with E-state index in [1.807, 2.05) is 42.5 Å². The number of halogens is 1. The van der Waals surface area contributed by atoms with E-state index in [2.05, 4.69) is 4.98 Å². The first kappa shape index (κ1) is 23.0. The molecule has 7 heteroatoms. The quantitative estimate of drug-likeness (QED) is 0.372. The van der Waals surface area contributed by atoms with E-state index in [0.29, 0.717) is 34.3 Å². The third-order valence-corrected chi connectivity index (χ3v) is 7.17. The van der Waals surface area contributed by atoms with Crippen LogP contribution in [0.2, 0.25) is 5.02 Å². The lowest BCUT2D eigenvalue weighted by Crippen LogP contribution is -2.33. The van der Waals surface area contributed by atoms with Gasteiger partial charge in [0, 0.05) is 23.0 Å². The van der Waals surface area contributed by atoms with Gasteiger partial charge in [0.15, 0.2) is 5.78 Å². The van der Waals surface area contributed by atoms with Crippen LogP contribution in [0, 0.1) is 17.8 Å². The minimum atomic E-state index is -1.01. The van der Waals surface area contributed by atoms with E-state index in [-0.39, 0.29) is 23.8 Å². The molecule has 1 aliphatic rings. The smallest absolute Gasteiger partial charge is 0.307 e. The van der Waals surface area contributed by atoms with Crippen molar-refractivity contribution in [2.24, 2.45) is 17.8 Å². The zero-order chi connectivity index (χ0) is 24.5. The van der Waals surface area contributed by atoms with Crippen LogP contribution in [0.4, 0.5) is 0 Å². The summed E-state index contributed by atoms with van der Waals surface area (Å²) >= 11 is 5.96. The Balaban J connectivity index is 1.36. The SMILES string of the molecule is O=C(c1ccc(-c2ccc(Cl)cc2)cc1)C1CCC(Cn2cnc3ccccc3c2=O)C1C(=O)O. The summed E-state index contributed by atoms with van der Waals surface area (Å²) in [5.74, 6) is -3.02. The van der Waals surface area contributed by atoms with Crippen molar-refractivity contribution in [1.82, 2.24) is 9.55 Å². The lowest BCUT2D eigenvalue weighted by Gasteiger charge is -2.21. The average molecular weight is 487 g/mol. The van der Waals surface area contributed by atoms with Crippen molar-refractivity contribution in [1.29, 1.82) is 0 Å². The van der Waals surface area contributed by atoms with Crippen LogP contribution < -0.4 is 5.56 Å². The number of para-hydroxylation sites is 1. The van der Waals surface area contributed by atoms with Gasteiger partial charge in [-0.25, -0.2) is 4.98 Å². The Kier molecular flexibility index (Phi) is 6.22. The van der Waals surface area contributed by atoms with Gasteiger partial charge >= 0.3 is 5.97 Å². The molecule has 176 valence electrons. The number of rotatable bonds is 6. The van der Waals surface area contributed by atoms with E-state index in [0.717, 1.165) is 11.1 Å². The zero-order valence-electron chi connectivity index (χ0n) is 18.8. The summed E-state index contributed by atoms with van der Waals surface area (Å²) in [5.41, 5.74) is 2.81. The van der Waals surface area contributed by atoms with Gasteiger partial charge in [0.2, 0.25) is 0 Å². The number of aliphatic carboxylic acids is 1. The summed E-state index contributed by atoms with van der Waals surface area (Å²) in [4.78, 5) is 42.8. The highest BCUT2D eigenvalue weighted by Gasteiger charge is 2.45. The van der Waals surface area contributed by atoms with Crippen molar-refractivity contribution in [3.8, 4) is 11.1 Å². The van der Waals surface area contributed by atoms with Gasteiger partial charge in [0.1, 0.15) is 0 Å². The third kappa shape index (κ3) is 4.49. The highest BCUT2D eigenvalue weighted by Crippen LogP contribution is 2.40. The molecular formula is C28H23ClN2O4. The molecule has 35 heavy (non-hydrogen) atoms. The molecule has 0 saturated heterocycles. The summed E-state index contributed by atoms with van der Waals surface area (Å²) < 4.78 is 1.47. The van der Waals surface area contributed by atoms with Crippen molar-refractivity contribution in [3.05, 3.63) is 100 Å². The molecule has 6 nitrogen and oxygen atoms in total. The second-order valence-corrected chi connectivity index (χ2v) is 9.41. The van der Waals surface area contributed by atoms with Gasteiger partial charge in [-0.05, 0) is 54.2 Å². The number of aromatic nitrogens is 2. The van der Waals surface area contributed by atoms with E-state index >= 15 is 0 Å². The summed E-state index contributed by atoms with van der Waals surface area (Å²) in [6.07, 6.45) is 2.48. The molecule has 0 amide bonds. The maximum atomic E-state index is 13.3. The molecule has 3 atom stereocenters. The molecule has 5 rings (SSSR count). The van der Waals surface area contributed by atoms with Crippen LogP contribution in [0.25, 0.3) is 22.0 Å². The first-order chi connectivity index (χ1) is 16.9. The minimum Gasteiger partial charge on any atom is -0.481 e. The Labute approximate surface area is 206 Å². The van der Waals surface area contributed by atoms with E-state index < -0.39 is 17.8 Å². The van der Waals surface area contributed by atoms with E-state index in [1.165, 1.54) is 10.9 Å².